The van der Waals surface area contributed by atoms with Crippen molar-refractivity contribution in [3.63, 3.8) is 0 Å². The van der Waals surface area contributed by atoms with E-state index >= 15 is 0 Å². The fourth-order valence-corrected chi connectivity index (χ4v) is 4.46. The van der Waals surface area contributed by atoms with Gasteiger partial charge in [0.1, 0.15) is 5.82 Å². The van der Waals surface area contributed by atoms with E-state index in [0.29, 0.717) is 18.7 Å². The first kappa shape index (κ1) is 16.5. The number of carbonyl (C=O) groups excluding carboxylic acids is 1. The van der Waals surface area contributed by atoms with E-state index in [1.807, 2.05) is 0 Å². The van der Waals surface area contributed by atoms with Crippen molar-refractivity contribution >= 4 is 29.4 Å². The lowest BCUT2D eigenvalue weighted by Crippen LogP contribution is -2.33. The molecule has 0 saturated carbocycles. The number of nitrogens with one attached hydrogen (secondary N) is 1. The van der Waals surface area contributed by atoms with Crippen molar-refractivity contribution in [2.24, 2.45) is 0 Å². The van der Waals surface area contributed by atoms with E-state index in [0.717, 1.165) is 23.3 Å². The highest BCUT2D eigenvalue weighted by molar-refractivity contribution is 8.06. The molecular weight excluding hydrogens is 326 g/mol. The minimum atomic E-state index is -4.81. The Labute approximate surface area is 128 Å². The molecule has 1 fully saturated rings. The van der Waals surface area contributed by atoms with Crippen LogP contribution in [0.4, 0.5) is 17.6 Å². The predicted octanol–water partition coefficient (Wildman–Crippen LogP) is 3.42. The van der Waals surface area contributed by atoms with Crippen LogP contribution in [0.5, 0.6) is 0 Å². The molecule has 8 heteroatoms. The molecule has 1 aliphatic heterocycles. The summed E-state index contributed by atoms with van der Waals surface area (Å²) in [6.45, 7) is 0.398. The van der Waals surface area contributed by atoms with Gasteiger partial charge in [-0.25, -0.2) is 4.39 Å². The highest BCUT2D eigenvalue weighted by Crippen LogP contribution is 2.32. The highest BCUT2D eigenvalue weighted by Gasteiger charge is 2.34. The van der Waals surface area contributed by atoms with Crippen LogP contribution in [0.25, 0.3) is 0 Å². The van der Waals surface area contributed by atoms with E-state index in [2.05, 4.69) is 5.32 Å². The number of hydrogen-bond acceptors (Lipinski definition) is 3. The maximum absolute atomic E-state index is 13.1. The lowest BCUT2D eigenvalue weighted by Gasteiger charge is -2.21. The molecule has 1 saturated heterocycles. The number of thioether (sulfide) groups is 2. The van der Waals surface area contributed by atoms with Crippen LogP contribution >= 0.6 is 23.5 Å². The molecule has 1 heterocycles. The van der Waals surface area contributed by atoms with Gasteiger partial charge in [0.15, 0.2) is 0 Å². The van der Waals surface area contributed by atoms with Crippen LogP contribution in [0.15, 0.2) is 18.2 Å². The number of hydrogen-bond donors (Lipinski definition) is 1. The maximum Gasteiger partial charge on any atom is 0.419 e. The zero-order valence-corrected chi connectivity index (χ0v) is 12.5. The van der Waals surface area contributed by atoms with Crippen molar-refractivity contribution in [2.45, 2.75) is 11.4 Å². The Morgan fingerprint density at radius 2 is 2.10 bits per heavy atom. The molecule has 2 nitrogen and oxygen atoms in total. The maximum atomic E-state index is 13.1. The van der Waals surface area contributed by atoms with E-state index in [1.165, 1.54) is 0 Å². The number of halogens is 4. The summed E-state index contributed by atoms with van der Waals surface area (Å²) in [6.07, 6.45) is -4.81. The average Bonchev–Trinajstić information content (AvgIpc) is 2.45. The van der Waals surface area contributed by atoms with Crippen LogP contribution in [-0.4, -0.2) is 35.0 Å². The van der Waals surface area contributed by atoms with Gasteiger partial charge in [0.25, 0.3) is 5.91 Å². The van der Waals surface area contributed by atoms with Gasteiger partial charge < -0.3 is 5.32 Å². The standard InChI is InChI=1S/C13H13F4NOS2/c14-11-2-1-8(5-10(11)13(15,16)17)12(19)18-6-9-7-20-3-4-21-9/h1-2,5,9H,3-4,6-7H2,(H,18,19). The molecule has 0 bridgehead atoms. The lowest BCUT2D eigenvalue weighted by atomic mass is 10.1. The van der Waals surface area contributed by atoms with Crippen LogP contribution < -0.4 is 5.32 Å². The quantitative estimate of drug-likeness (QED) is 0.856. The molecule has 1 aromatic carbocycles. The smallest absolute Gasteiger partial charge is 0.351 e. The van der Waals surface area contributed by atoms with E-state index < -0.39 is 23.5 Å². The van der Waals surface area contributed by atoms with Gasteiger partial charge in [-0.05, 0) is 18.2 Å². The van der Waals surface area contributed by atoms with Crippen molar-refractivity contribution in [1.82, 2.24) is 5.32 Å². The molecule has 2 rings (SSSR count). The second-order valence-corrected chi connectivity index (χ2v) is 7.03. The molecule has 1 amide bonds. The molecule has 1 unspecified atom stereocenters. The molecule has 1 N–H and O–H groups in total. The summed E-state index contributed by atoms with van der Waals surface area (Å²) in [5.74, 6) is 0.986. The molecule has 116 valence electrons. The van der Waals surface area contributed by atoms with Crippen LogP contribution in [0, 0.1) is 5.82 Å². The Kier molecular flexibility index (Phi) is 5.43. The topological polar surface area (TPSA) is 29.1 Å². The average molecular weight is 339 g/mol. The molecular formula is C13H13F4NOS2. The Morgan fingerprint density at radius 1 is 1.33 bits per heavy atom. The first-order valence-electron chi connectivity index (χ1n) is 6.22. The van der Waals surface area contributed by atoms with Gasteiger partial charge in [0, 0.05) is 34.6 Å². The summed E-state index contributed by atoms with van der Waals surface area (Å²) in [6, 6.07) is 2.28. The number of benzene rings is 1. The van der Waals surface area contributed by atoms with Gasteiger partial charge in [-0.15, -0.1) is 0 Å². The van der Waals surface area contributed by atoms with Crippen molar-refractivity contribution in [3.05, 3.63) is 35.1 Å². The third-order valence-electron chi connectivity index (χ3n) is 2.91. The van der Waals surface area contributed by atoms with Gasteiger partial charge in [-0.3, -0.25) is 4.79 Å². The van der Waals surface area contributed by atoms with Crippen LogP contribution in [0.2, 0.25) is 0 Å². The Morgan fingerprint density at radius 3 is 2.71 bits per heavy atom. The zero-order chi connectivity index (χ0) is 15.5. The number of carbonyl (C=O) groups is 1. The van der Waals surface area contributed by atoms with Gasteiger partial charge in [0.2, 0.25) is 0 Å². The van der Waals surface area contributed by atoms with Gasteiger partial charge in [-0.1, -0.05) is 0 Å². The van der Waals surface area contributed by atoms with E-state index in [-0.39, 0.29) is 10.8 Å². The molecule has 1 aliphatic rings. The largest absolute Gasteiger partial charge is 0.419 e. The van der Waals surface area contributed by atoms with Crippen molar-refractivity contribution in [3.8, 4) is 0 Å². The monoisotopic (exact) mass is 339 g/mol. The van der Waals surface area contributed by atoms with Gasteiger partial charge in [0.05, 0.1) is 5.56 Å². The first-order chi connectivity index (χ1) is 9.88. The van der Waals surface area contributed by atoms with E-state index in [1.54, 1.807) is 23.5 Å². The van der Waals surface area contributed by atoms with Crippen LogP contribution in [0.3, 0.4) is 0 Å². The molecule has 1 atom stereocenters. The summed E-state index contributed by atoms with van der Waals surface area (Å²) in [5.41, 5.74) is -1.60. The SMILES string of the molecule is O=C(NCC1CSCCS1)c1ccc(F)c(C(F)(F)F)c1. The number of alkyl halides is 3. The predicted molar refractivity (Wildman–Crippen MR) is 77.3 cm³/mol. The van der Waals surface area contributed by atoms with Gasteiger partial charge >= 0.3 is 6.18 Å². The summed E-state index contributed by atoms with van der Waals surface area (Å²) in [7, 11) is 0. The molecule has 1 aromatic rings. The fourth-order valence-electron chi connectivity index (χ4n) is 1.85. The zero-order valence-electron chi connectivity index (χ0n) is 10.9. The number of amides is 1. The molecule has 0 spiro atoms. The summed E-state index contributed by atoms with van der Waals surface area (Å²) < 4.78 is 50.9. The second kappa shape index (κ2) is 6.91. The molecule has 0 aliphatic carbocycles. The normalized spacial score (nSPS) is 19.3. The third kappa shape index (κ3) is 4.54. The highest BCUT2D eigenvalue weighted by atomic mass is 32.2. The molecule has 21 heavy (non-hydrogen) atoms. The Hall–Kier alpha value is -0.890. The van der Waals surface area contributed by atoms with Crippen LogP contribution in [-0.2, 0) is 6.18 Å². The molecule has 0 radical (unpaired) electrons. The Balaban J connectivity index is 2.02. The van der Waals surface area contributed by atoms with Crippen molar-refractivity contribution in [1.29, 1.82) is 0 Å². The number of rotatable bonds is 3. The lowest BCUT2D eigenvalue weighted by molar-refractivity contribution is -0.140. The second-order valence-electron chi connectivity index (χ2n) is 4.47. The Bertz CT molecular complexity index is 515. The van der Waals surface area contributed by atoms with Crippen molar-refractivity contribution < 1.29 is 22.4 Å². The fraction of sp³-hybridized carbons (Fsp3) is 0.462. The van der Waals surface area contributed by atoms with Crippen molar-refractivity contribution in [2.75, 3.05) is 23.8 Å². The summed E-state index contributed by atoms with van der Waals surface area (Å²) >= 11 is 3.52. The minimum absolute atomic E-state index is 0.183. The summed E-state index contributed by atoms with van der Waals surface area (Å²) in [4.78, 5) is 11.9. The van der Waals surface area contributed by atoms with Gasteiger partial charge in [-0.2, -0.15) is 36.7 Å². The third-order valence-corrected chi connectivity index (χ3v) is 5.75. The minimum Gasteiger partial charge on any atom is -0.351 e. The van der Waals surface area contributed by atoms with E-state index in [4.69, 9.17) is 0 Å². The summed E-state index contributed by atoms with van der Waals surface area (Å²) in [5, 5.41) is 2.86. The van der Waals surface area contributed by atoms with Crippen LogP contribution in [0.1, 0.15) is 15.9 Å². The first-order valence-corrected chi connectivity index (χ1v) is 8.42. The van der Waals surface area contributed by atoms with E-state index in [9.17, 15) is 22.4 Å². The molecule has 0 aromatic heterocycles.